The molecule has 5 heteroatoms. The lowest BCUT2D eigenvalue weighted by Crippen LogP contribution is -2.42. The first kappa shape index (κ1) is 16.3. The monoisotopic (exact) mass is 326 g/mol. The van der Waals surface area contributed by atoms with E-state index >= 15 is 0 Å². The molecule has 0 radical (unpaired) electrons. The molecule has 0 saturated carbocycles. The van der Waals surface area contributed by atoms with E-state index in [1.165, 1.54) is 0 Å². The summed E-state index contributed by atoms with van der Waals surface area (Å²) in [5.41, 5.74) is 0.784. The molecule has 3 rings (SSSR count). The van der Waals surface area contributed by atoms with Gasteiger partial charge in [0.2, 0.25) is 0 Å². The van der Waals surface area contributed by atoms with Crippen molar-refractivity contribution < 1.29 is 14.7 Å². The van der Waals surface area contributed by atoms with Gasteiger partial charge in [-0.25, -0.2) is 4.79 Å². The van der Waals surface area contributed by atoms with Crippen LogP contribution in [0.1, 0.15) is 25.7 Å². The molecule has 0 spiro atoms. The highest BCUT2D eigenvalue weighted by molar-refractivity contribution is 5.93. The number of piperidine rings is 1. The summed E-state index contributed by atoms with van der Waals surface area (Å²) in [6.45, 7) is 1.36. The number of aliphatic carboxylic acids is 1. The maximum absolute atomic E-state index is 12.5. The minimum Gasteiger partial charge on any atom is -0.481 e. The van der Waals surface area contributed by atoms with Crippen LogP contribution in [0.5, 0.6) is 0 Å². The van der Waals surface area contributed by atoms with Gasteiger partial charge in [-0.15, -0.1) is 0 Å². The number of fused-ring (bicyclic) bond motifs is 1. The van der Waals surface area contributed by atoms with E-state index in [4.69, 9.17) is 5.11 Å². The number of nitrogens with one attached hydrogen (secondary N) is 1. The molecule has 1 fully saturated rings. The summed E-state index contributed by atoms with van der Waals surface area (Å²) >= 11 is 0. The molecule has 2 amide bonds. The summed E-state index contributed by atoms with van der Waals surface area (Å²) in [5.74, 6) is -0.495. The number of hydrogen-bond donors (Lipinski definition) is 2. The molecule has 126 valence electrons. The van der Waals surface area contributed by atoms with Gasteiger partial charge in [0.25, 0.3) is 0 Å². The van der Waals surface area contributed by atoms with E-state index in [1.807, 2.05) is 42.5 Å². The fourth-order valence-corrected chi connectivity index (χ4v) is 3.28. The zero-order chi connectivity index (χ0) is 16.9. The van der Waals surface area contributed by atoms with Crippen LogP contribution in [-0.2, 0) is 4.79 Å². The smallest absolute Gasteiger partial charge is 0.321 e. The molecule has 24 heavy (non-hydrogen) atoms. The molecule has 1 heterocycles. The number of amides is 2. The van der Waals surface area contributed by atoms with Gasteiger partial charge in [-0.1, -0.05) is 30.3 Å². The predicted molar refractivity (Wildman–Crippen MR) is 94.1 cm³/mol. The Labute approximate surface area is 141 Å². The number of likely N-dealkylation sites (tertiary alicyclic amines) is 1. The average molecular weight is 326 g/mol. The van der Waals surface area contributed by atoms with Gasteiger partial charge in [0, 0.05) is 25.2 Å². The van der Waals surface area contributed by atoms with Crippen LogP contribution in [0.2, 0.25) is 0 Å². The predicted octanol–water partition coefficient (Wildman–Crippen LogP) is 3.95. The van der Waals surface area contributed by atoms with Gasteiger partial charge in [-0.2, -0.15) is 0 Å². The summed E-state index contributed by atoms with van der Waals surface area (Å²) in [7, 11) is 0. The van der Waals surface area contributed by atoms with Crippen LogP contribution in [0, 0.1) is 5.92 Å². The summed E-state index contributed by atoms with van der Waals surface area (Å²) in [6.07, 6.45) is 2.72. The first-order valence-electron chi connectivity index (χ1n) is 8.38. The van der Waals surface area contributed by atoms with Crippen molar-refractivity contribution in [3.8, 4) is 0 Å². The van der Waals surface area contributed by atoms with E-state index in [0.29, 0.717) is 13.0 Å². The Bertz CT molecular complexity index is 744. The zero-order valence-electron chi connectivity index (χ0n) is 13.6. The van der Waals surface area contributed by atoms with Gasteiger partial charge in [0.1, 0.15) is 0 Å². The second-order valence-electron chi connectivity index (χ2n) is 6.38. The van der Waals surface area contributed by atoms with Crippen molar-refractivity contribution in [1.82, 2.24) is 4.90 Å². The quantitative estimate of drug-likeness (QED) is 0.894. The Morgan fingerprint density at radius 3 is 2.75 bits per heavy atom. The Morgan fingerprint density at radius 1 is 1.17 bits per heavy atom. The lowest BCUT2D eigenvalue weighted by Gasteiger charge is -2.32. The maximum Gasteiger partial charge on any atom is 0.321 e. The molecule has 0 aliphatic carbocycles. The number of carbonyl (C=O) groups is 2. The van der Waals surface area contributed by atoms with Crippen LogP contribution in [0.15, 0.2) is 42.5 Å². The summed E-state index contributed by atoms with van der Waals surface area (Å²) in [4.78, 5) is 25.0. The van der Waals surface area contributed by atoms with Gasteiger partial charge in [0.05, 0.1) is 0 Å². The first-order chi connectivity index (χ1) is 11.6. The molecule has 1 unspecified atom stereocenters. The molecular formula is C19H22N2O3. The van der Waals surface area contributed by atoms with Crippen molar-refractivity contribution in [2.24, 2.45) is 5.92 Å². The largest absolute Gasteiger partial charge is 0.481 e. The first-order valence-corrected chi connectivity index (χ1v) is 8.38. The van der Waals surface area contributed by atoms with Crippen molar-refractivity contribution >= 4 is 28.5 Å². The molecule has 0 aromatic heterocycles. The van der Waals surface area contributed by atoms with Crippen LogP contribution >= 0.6 is 0 Å². The van der Waals surface area contributed by atoms with E-state index in [0.717, 1.165) is 35.8 Å². The van der Waals surface area contributed by atoms with Crippen molar-refractivity contribution in [2.45, 2.75) is 25.7 Å². The standard InChI is InChI=1S/C19H22N2O3/c22-18(23)10-7-14-4-3-11-21(13-14)19(24)20-17-9-8-15-5-1-2-6-16(15)12-17/h1-2,5-6,8-9,12,14H,3-4,7,10-11,13H2,(H,20,24)(H,22,23). The normalized spacial score (nSPS) is 17.7. The highest BCUT2D eigenvalue weighted by Crippen LogP contribution is 2.23. The van der Waals surface area contributed by atoms with E-state index < -0.39 is 5.97 Å². The highest BCUT2D eigenvalue weighted by atomic mass is 16.4. The number of urea groups is 1. The lowest BCUT2D eigenvalue weighted by atomic mass is 9.93. The molecule has 1 saturated heterocycles. The molecule has 2 aromatic carbocycles. The van der Waals surface area contributed by atoms with Gasteiger partial charge in [-0.3, -0.25) is 4.79 Å². The number of rotatable bonds is 4. The fourth-order valence-electron chi connectivity index (χ4n) is 3.28. The second-order valence-corrected chi connectivity index (χ2v) is 6.38. The summed E-state index contributed by atoms with van der Waals surface area (Å²) in [5, 5.41) is 14.0. The van der Waals surface area contributed by atoms with Gasteiger partial charge in [-0.05, 0) is 48.1 Å². The van der Waals surface area contributed by atoms with Crippen LogP contribution in [0.4, 0.5) is 10.5 Å². The SMILES string of the molecule is O=C(O)CCC1CCCN(C(=O)Nc2ccc3ccccc3c2)C1. The van der Waals surface area contributed by atoms with Crippen LogP contribution < -0.4 is 5.32 Å². The number of carbonyl (C=O) groups excluding carboxylic acids is 1. The molecule has 2 aromatic rings. The van der Waals surface area contributed by atoms with Crippen LogP contribution in [0.25, 0.3) is 10.8 Å². The molecular weight excluding hydrogens is 304 g/mol. The Morgan fingerprint density at radius 2 is 1.96 bits per heavy atom. The maximum atomic E-state index is 12.5. The van der Waals surface area contributed by atoms with E-state index in [9.17, 15) is 9.59 Å². The molecule has 1 atom stereocenters. The summed E-state index contributed by atoms with van der Waals surface area (Å²) < 4.78 is 0. The number of benzene rings is 2. The van der Waals surface area contributed by atoms with E-state index in [2.05, 4.69) is 5.32 Å². The number of nitrogens with zero attached hydrogens (tertiary/aromatic N) is 1. The lowest BCUT2D eigenvalue weighted by molar-refractivity contribution is -0.137. The third kappa shape index (κ3) is 4.04. The molecule has 2 N–H and O–H groups in total. The van der Waals surface area contributed by atoms with E-state index in [1.54, 1.807) is 4.90 Å². The van der Waals surface area contributed by atoms with Gasteiger partial charge in [0.15, 0.2) is 0 Å². The minimum absolute atomic E-state index is 0.106. The van der Waals surface area contributed by atoms with Gasteiger partial charge < -0.3 is 15.3 Å². The summed E-state index contributed by atoms with van der Waals surface area (Å²) in [6, 6.07) is 13.8. The van der Waals surface area contributed by atoms with Crippen molar-refractivity contribution in [3.63, 3.8) is 0 Å². The average Bonchev–Trinajstić information content (AvgIpc) is 2.60. The number of anilines is 1. The van der Waals surface area contributed by atoms with Crippen LogP contribution in [-0.4, -0.2) is 35.1 Å². The molecule has 0 bridgehead atoms. The Balaban J connectivity index is 1.61. The Hall–Kier alpha value is -2.56. The zero-order valence-corrected chi connectivity index (χ0v) is 13.6. The second kappa shape index (κ2) is 7.34. The minimum atomic E-state index is -0.771. The van der Waals surface area contributed by atoms with Gasteiger partial charge >= 0.3 is 12.0 Å². The topological polar surface area (TPSA) is 69.6 Å². The fraction of sp³-hybridized carbons (Fsp3) is 0.368. The third-order valence-electron chi connectivity index (χ3n) is 4.57. The Kier molecular flexibility index (Phi) is 4.99. The number of hydrogen-bond acceptors (Lipinski definition) is 2. The van der Waals surface area contributed by atoms with Crippen molar-refractivity contribution in [3.05, 3.63) is 42.5 Å². The molecule has 1 aliphatic rings. The van der Waals surface area contributed by atoms with Crippen molar-refractivity contribution in [1.29, 1.82) is 0 Å². The highest BCUT2D eigenvalue weighted by Gasteiger charge is 2.24. The third-order valence-corrected chi connectivity index (χ3v) is 4.57. The molecule has 1 aliphatic heterocycles. The van der Waals surface area contributed by atoms with E-state index in [-0.39, 0.29) is 18.4 Å². The number of carboxylic acids is 1. The van der Waals surface area contributed by atoms with Crippen molar-refractivity contribution in [2.75, 3.05) is 18.4 Å². The van der Waals surface area contributed by atoms with Crippen LogP contribution in [0.3, 0.4) is 0 Å². The molecule has 5 nitrogen and oxygen atoms in total. The number of carboxylic acid groups (broad SMARTS) is 1.